The number of fused-ring (bicyclic) bond motifs is 1. The van der Waals surface area contributed by atoms with Gasteiger partial charge in [-0.25, -0.2) is 4.79 Å². The summed E-state index contributed by atoms with van der Waals surface area (Å²) in [5, 5.41) is 10.8. The molecule has 0 bridgehead atoms. The number of rotatable bonds is 2. The number of carbonyl (C=O) groups is 1. The zero-order valence-electron chi connectivity index (χ0n) is 10.2. The molecule has 6 heteroatoms. The van der Waals surface area contributed by atoms with Crippen LogP contribution in [0.2, 0.25) is 0 Å². The predicted octanol–water partition coefficient (Wildman–Crippen LogP) is 3.56. The molecule has 0 spiro atoms. The Morgan fingerprint density at radius 1 is 1.15 bits per heavy atom. The van der Waals surface area contributed by atoms with Crippen LogP contribution in [0.3, 0.4) is 0 Å². The van der Waals surface area contributed by atoms with Crippen LogP contribution in [0.15, 0.2) is 53.4 Å². The highest BCUT2D eigenvalue weighted by molar-refractivity contribution is 7.99. The molecule has 5 nitrogen and oxygen atoms in total. The van der Waals surface area contributed by atoms with E-state index >= 15 is 0 Å². The van der Waals surface area contributed by atoms with Gasteiger partial charge in [-0.05, 0) is 12.1 Å². The fourth-order valence-electron chi connectivity index (χ4n) is 1.96. The Kier molecular flexibility index (Phi) is 3.15. The molecule has 0 N–H and O–H groups in total. The predicted molar refractivity (Wildman–Crippen MR) is 73.6 cm³/mol. The minimum absolute atomic E-state index is 0.0157. The van der Waals surface area contributed by atoms with Crippen molar-refractivity contribution in [2.24, 2.45) is 0 Å². The Morgan fingerprint density at radius 2 is 1.95 bits per heavy atom. The summed E-state index contributed by atoms with van der Waals surface area (Å²) < 4.78 is 5.34. The fraction of sp³-hybridized carbons (Fsp3) is 0.0714. The van der Waals surface area contributed by atoms with E-state index in [1.165, 1.54) is 23.9 Å². The molecule has 0 aliphatic carbocycles. The van der Waals surface area contributed by atoms with Gasteiger partial charge in [0.05, 0.1) is 10.5 Å². The van der Waals surface area contributed by atoms with Crippen molar-refractivity contribution >= 4 is 23.4 Å². The van der Waals surface area contributed by atoms with E-state index in [-0.39, 0.29) is 5.69 Å². The van der Waals surface area contributed by atoms with Gasteiger partial charge >= 0.3 is 5.97 Å². The van der Waals surface area contributed by atoms with Crippen LogP contribution in [0.25, 0.3) is 0 Å². The smallest absolute Gasteiger partial charge is 0.340 e. The molecular weight excluding hydrogens is 278 g/mol. The first-order valence-corrected chi connectivity index (χ1v) is 6.74. The Bertz CT molecular complexity index is 701. The fourth-order valence-corrected chi connectivity index (χ4v) is 3.04. The molecule has 1 heterocycles. The van der Waals surface area contributed by atoms with Gasteiger partial charge in [0.1, 0.15) is 0 Å². The number of ether oxygens (including phenoxy) is 1. The summed E-state index contributed by atoms with van der Waals surface area (Å²) in [5.74, 6) is -0.407. The molecule has 0 unspecified atom stereocenters. The third-order valence-electron chi connectivity index (χ3n) is 2.91. The van der Waals surface area contributed by atoms with Crippen LogP contribution in [0.4, 0.5) is 5.69 Å². The van der Waals surface area contributed by atoms with Gasteiger partial charge in [-0.3, -0.25) is 10.1 Å². The molecule has 100 valence electrons. The zero-order valence-corrected chi connectivity index (χ0v) is 11.0. The molecule has 2 aromatic carbocycles. The van der Waals surface area contributed by atoms with E-state index in [9.17, 15) is 14.9 Å². The largest absolute Gasteiger partial charge is 0.442 e. The number of benzene rings is 2. The summed E-state index contributed by atoms with van der Waals surface area (Å²) in [5.41, 5.74) is 0.557. The second-order valence-corrected chi connectivity index (χ2v) is 5.31. The van der Waals surface area contributed by atoms with Crippen LogP contribution >= 0.6 is 11.8 Å². The van der Waals surface area contributed by atoms with E-state index < -0.39 is 16.3 Å². The molecular formula is C14H9NO4S. The Morgan fingerprint density at radius 3 is 2.75 bits per heavy atom. The second kappa shape index (κ2) is 4.97. The van der Waals surface area contributed by atoms with Gasteiger partial charge in [0.25, 0.3) is 5.69 Å². The quantitative estimate of drug-likeness (QED) is 0.480. The molecule has 1 aliphatic rings. The molecule has 1 aliphatic heterocycles. The summed E-state index contributed by atoms with van der Waals surface area (Å²) >= 11 is 1.37. The van der Waals surface area contributed by atoms with Crippen LogP contribution < -0.4 is 0 Å². The van der Waals surface area contributed by atoms with E-state index in [1.54, 1.807) is 24.3 Å². The van der Waals surface area contributed by atoms with Crippen LogP contribution in [-0.4, -0.2) is 10.9 Å². The van der Waals surface area contributed by atoms with E-state index in [4.69, 9.17) is 4.74 Å². The lowest BCUT2D eigenvalue weighted by Gasteiger charge is -2.23. The average molecular weight is 287 g/mol. The Hall–Kier alpha value is -2.34. The molecule has 0 saturated heterocycles. The number of hydrogen-bond acceptors (Lipinski definition) is 5. The number of cyclic esters (lactones) is 1. The molecule has 0 radical (unpaired) electrons. The van der Waals surface area contributed by atoms with Crippen molar-refractivity contribution in [2.45, 2.75) is 10.3 Å². The molecule has 20 heavy (non-hydrogen) atoms. The highest BCUT2D eigenvalue weighted by Gasteiger charge is 2.28. The average Bonchev–Trinajstić information content (AvgIpc) is 2.47. The van der Waals surface area contributed by atoms with E-state index in [1.807, 2.05) is 12.1 Å². The highest BCUT2D eigenvalue weighted by atomic mass is 32.2. The highest BCUT2D eigenvalue weighted by Crippen LogP contribution is 2.43. The van der Waals surface area contributed by atoms with Crippen molar-refractivity contribution in [3.8, 4) is 0 Å². The van der Waals surface area contributed by atoms with Crippen molar-refractivity contribution in [2.75, 3.05) is 0 Å². The monoisotopic (exact) mass is 287 g/mol. The van der Waals surface area contributed by atoms with Crippen LogP contribution in [0.5, 0.6) is 0 Å². The summed E-state index contributed by atoms with van der Waals surface area (Å²) in [6.45, 7) is 0. The summed E-state index contributed by atoms with van der Waals surface area (Å²) in [6.07, 6.45) is 0. The molecule has 1 atom stereocenters. The van der Waals surface area contributed by atoms with Crippen molar-refractivity contribution in [3.05, 3.63) is 69.8 Å². The van der Waals surface area contributed by atoms with Crippen LogP contribution in [-0.2, 0) is 4.74 Å². The van der Waals surface area contributed by atoms with Gasteiger partial charge in [0, 0.05) is 22.6 Å². The minimum Gasteiger partial charge on any atom is -0.442 e. The number of hydrogen-bond donors (Lipinski definition) is 0. The Balaban J connectivity index is 1.95. The van der Waals surface area contributed by atoms with Gasteiger partial charge in [0.15, 0.2) is 5.44 Å². The number of esters is 1. The number of non-ortho nitro benzene ring substituents is 1. The third kappa shape index (κ3) is 2.25. The third-order valence-corrected chi connectivity index (χ3v) is 4.10. The van der Waals surface area contributed by atoms with Gasteiger partial charge in [-0.15, -0.1) is 0 Å². The minimum atomic E-state index is -0.558. The first kappa shape index (κ1) is 12.7. The summed E-state index contributed by atoms with van der Waals surface area (Å²) in [7, 11) is 0. The molecule has 0 fully saturated rings. The summed E-state index contributed by atoms with van der Waals surface area (Å²) in [6, 6.07) is 13.3. The van der Waals surface area contributed by atoms with Crippen molar-refractivity contribution in [3.63, 3.8) is 0 Å². The lowest BCUT2D eigenvalue weighted by atomic mass is 10.2. The standard InChI is InChI=1S/C14H9NO4S/c16-13-11-6-1-2-7-12(11)20-14(19-13)9-4-3-5-10(8-9)15(17)18/h1-8,14H/t14-/m1/s1. The normalized spacial score (nSPS) is 17.2. The van der Waals surface area contributed by atoms with Crippen LogP contribution in [0, 0.1) is 10.1 Å². The number of carbonyl (C=O) groups excluding carboxylic acids is 1. The SMILES string of the molecule is O=C1O[C@@H](c2cccc([N+](=O)[O-])c2)Sc2ccccc21. The zero-order chi connectivity index (χ0) is 14.1. The molecule has 0 saturated carbocycles. The van der Waals surface area contributed by atoms with Gasteiger partial charge in [0.2, 0.25) is 0 Å². The van der Waals surface area contributed by atoms with Crippen molar-refractivity contribution in [1.29, 1.82) is 0 Å². The lowest BCUT2D eigenvalue weighted by molar-refractivity contribution is -0.384. The van der Waals surface area contributed by atoms with Gasteiger partial charge in [-0.1, -0.05) is 36.0 Å². The lowest BCUT2D eigenvalue weighted by Crippen LogP contribution is -2.15. The first-order chi connectivity index (χ1) is 9.65. The second-order valence-electron chi connectivity index (χ2n) is 4.20. The number of thioether (sulfide) groups is 1. The maximum absolute atomic E-state index is 11.9. The van der Waals surface area contributed by atoms with E-state index in [0.29, 0.717) is 11.1 Å². The van der Waals surface area contributed by atoms with Gasteiger partial charge in [-0.2, -0.15) is 0 Å². The Labute approximate surface area is 118 Å². The maximum atomic E-state index is 11.9. The maximum Gasteiger partial charge on any atom is 0.340 e. The van der Waals surface area contributed by atoms with Crippen molar-refractivity contribution < 1.29 is 14.5 Å². The van der Waals surface area contributed by atoms with E-state index in [0.717, 1.165) is 4.90 Å². The van der Waals surface area contributed by atoms with E-state index in [2.05, 4.69) is 0 Å². The van der Waals surface area contributed by atoms with Crippen LogP contribution in [0.1, 0.15) is 21.4 Å². The molecule has 0 amide bonds. The van der Waals surface area contributed by atoms with Gasteiger partial charge < -0.3 is 4.74 Å². The number of nitrogens with zero attached hydrogens (tertiary/aromatic N) is 1. The number of nitro groups is 1. The molecule has 3 rings (SSSR count). The molecule has 0 aromatic heterocycles. The molecule has 2 aromatic rings. The first-order valence-electron chi connectivity index (χ1n) is 5.86. The topological polar surface area (TPSA) is 69.4 Å². The summed E-state index contributed by atoms with van der Waals surface area (Å²) in [4.78, 5) is 23.1. The number of nitro benzene ring substituents is 1. The van der Waals surface area contributed by atoms with Crippen molar-refractivity contribution in [1.82, 2.24) is 0 Å².